The number of para-hydroxylation sites is 1. The van der Waals surface area contributed by atoms with Gasteiger partial charge in [-0.25, -0.2) is 4.68 Å². The normalized spacial score (nSPS) is 13.9. The van der Waals surface area contributed by atoms with E-state index in [9.17, 15) is 19.2 Å². The second-order valence-electron chi connectivity index (χ2n) is 7.64. The van der Waals surface area contributed by atoms with E-state index >= 15 is 0 Å². The SMILES string of the molecule is O=C(CCn1[nH]c(=O)c2ccccc2c1=O)Nc1ccccc1C(=O)N1CCCCC1. The van der Waals surface area contributed by atoms with Gasteiger partial charge in [-0.3, -0.25) is 24.3 Å². The van der Waals surface area contributed by atoms with E-state index in [-0.39, 0.29) is 35.9 Å². The molecular formula is C23H24N4O4. The zero-order valence-electron chi connectivity index (χ0n) is 17.1. The van der Waals surface area contributed by atoms with Crippen LogP contribution in [-0.4, -0.2) is 39.6 Å². The van der Waals surface area contributed by atoms with Crippen LogP contribution < -0.4 is 16.4 Å². The fourth-order valence-corrected chi connectivity index (χ4v) is 3.88. The number of hydrogen-bond acceptors (Lipinski definition) is 4. The maximum atomic E-state index is 12.9. The van der Waals surface area contributed by atoms with Crippen LogP contribution in [0.1, 0.15) is 36.0 Å². The maximum Gasteiger partial charge on any atom is 0.273 e. The molecule has 3 aromatic rings. The van der Waals surface area contributed by atoms with Gasteiger partial charge in [-0.15, -0.1) is 0 Å². The Morgan fingerprint density at radius 2 is 1.58 bits per heavy atom. The van der Waals surface area contributed by atoms with Gasteiger partial charge in [-0.2, -0.15) is 0 Å². The minimum Gasteiger partial charge on any atom is -0.339 e. The first kappa shape index (κ1) is 20.6. The van der Waals surface area contributed by atoms with Gasteiger partial charge in [0.15, 0.2) is 0 Å². The molecule has 0 atom stereocenters. The average molecular weight is 420 g/mol. The first-order valence-electron chi connectivity index (χ1n) is 10.4. The molecule has 0 bridgehead atoms. The summed E-state index contributed by atoms with van der Waals surface area (Å²) in [5, 5.41) is 5.92. The highest BCUT2D eigenvalue weighted by atomic mass is 16.2. The van der Waals surface area contributed by atoms with Gasteiger partial charge in [-0.05, 0) is 43.5 Å². The maximum absolute atomic E-state index is 12.9. The highest BCUT2D eigenvalue weighted by Gasteiger charge is 2.21. The van der Waals surface area contributed by atoms with Crippen molar-refractivity contribution < 1.29 is 9.59 Å². The molecule has 1 aromatic heterocycles. The van der Waals surface area contributed by atoms with Gasteiger partial charge in [0.1, 0.15) is 0 Å². The summed E-state index contributed by atoms with van der Waals surface area (Å²) in [6, 6.07) is 13.5. The molecule has 0 saturated carbocycles. The Kier molecular flexibility index (Phi) is 5.97. The summed E-state index contributed by atoms with van der Waals surface area (Å²) < 4.78 is 1.15. The highest BCUT2D eigenvalue weighted by Crippen LogP contribution is 2.20. The first-order chi connectivity index (χ1) is 15.0. The van der Waals surface area contributed by atoms with E-state index in [1.54, 1.807) is 48.5 Å². The quantitative estimate of drug-likeness (QED) is 0.661. The predicted octanol–water partition coefficient (Wildman–Crippen LogP) is 2.34. The fourth-order valence-electron chi connectivity index (χ4n) is 3.88. The molecule has 1 aliphatic rings. The molecule has 0 spiro atoms. The minimum atomic E-state index is -0.381. The Hall–Kier alpha value is -3.68. The Morgan fingerprint density at radius 1 is 0.903 bits per heavy atom. The number of nitrogens with one attached hydrogen (secondary N) is 2. The van der Waals surface area contributed by atoms with E-state index in [0.29, 0.717) is 22.0 Å². The van der Waals surface area contributed by atoms with Crippen molar-refractivity contribution in [1.29, 1.82) is 0 Å². The van der Waals surface area contributed by atoms with Gasteiger partial charge < -0.3 is 10.2 Å². The van der Waals surface area contributed by atoms with Crippen LogP contribution in [0.5, 0.6) is 0 Å². The first-order valence-corrected chi connectivity index (χ1v) is 10.4. The molecule has 2 amide bonds. The van der Waals surface area contributed by atoms with Crippen molar-refractivity contribution in [2.75, 3.05) is 18.4 Å². The summed E-state index contributed by atoms with van der Waals surface area (Å²) in [6.45, 7) is 1.46. The van der Waals surface area contributed by atoms with Crippen LogP contribution in [0, 0.1) is 0 Å². The number of anilines is 1. The van der Waals surface area contributed by atoms with Gasteiger partial charge in [-0.1, -0.05) is 24.3 Å². The van der Waals surface area contributed by atoms with Crippen LogP contribution >= 0.6 is 0 Å². The highest BCUT2D eigenvalue weighted by molar-refractivity contribution is 6.03. The largest absolute Gasteiger partial charge is 0.339 e. The molecule has 31 heavy (non-hydrogen) atoms. The summed E-state index contributed by atoms with van der Waals surface area (Å²) in [4.78, 5) is 52.0. The molecular weight excluding hydrogens is 396 g/mol. The van der Waals surface area contributed by atoms with Crippen molar-refractivity contribution in [1.82, 2.24) is 14.7 Å². The molecule has 1 aliphatic heterocycles. The Morgan fingerprint density at radius 3 is 2.35 bits per heavy atom. The Labute approximate surface area is 178 Å². The monoisotopic (exact) mass is 420 g/mol. The number of hydrogen-bond donors (Lipinski definition) is 2. The fraction of sp³-hybridized carbons (Fsp3) is 0.304. The van der Waals surface area contributed by atoms with E-state index in [1.165, 1.54) is 0 Å². The number of aryl methyl sites for hydroxylation is 1. The summed E-state index contributed by atoms with van der Waals surface area (Å²) in [5.41, 5.74) is 0.160. The van der Waals surface area contributed by atoms with E-state index in [1.807, 2.05) is 4.90 Å². The van der Waals surface area contributed by atoms with Crippen molar-refractivity contribution in [3.05, 3.63) is 74.8 Å². The van der Waals surface area contributed by atoms with Crippen molar-refractivity contribution in [3.8, 4) is 0 Å². The van der Waals surface area contributed by atoms with Crippen LogP contribution in [-0.2, 0) is 11.3 Å². The number of nitrogens with zero attached hydrogens (tertiary/aromatic N) is 2. The molecule has 160 valence electrons. The van der Waals surface area contributed by atoms with Crippen molar-refractivity contribution >= 4 is 28.3 Å². The number of likely N-dealkylation sites (tertiary alicyclic amines) is 1. The van der Waals surface area contributed by atoms with E-state index in [2.05, 4.69) is 10.4 Å². The van der Waals surface area contributed by atoms with Gasteiger partial charge in [0, 0.05) is 19.5 Å². The summed E-state index contributed by atoms with van der Waals surface area (Å²) in [5.74, 6) is -0.439. The summed E-state index contributed by atoms with van der Waals surface area (Å²) >= 11 is 0. The smallest absolute Gasteiger partial charge is 0.273 e. The Balaban J connectivity index is 1.47. The third-order valence-corrected chi connectivity index (χ3v) is 5.52. The standard InChI is InChI=1S/C23H24N4O4/c28-20(12-15-27-23(31)17-9-3-2-8-16(17)21(29)25-27)24-19-11-5-4-10-18(19)22(30)26-13-6-1-7-14-26/h2-5,8-11H,1,6-7,12-15H2,(H,24,28)(H,25,29). The molecule has 4 rings (SSSR count). The summed E-state index contributed by atoms with van der Waals surface area (Å²) in [7, 11) is 0. The molecule has 1 fully saturated rings. The Bertz CT molecular complexity index is 1240. The molecule has 2 aromatic carbocycles. The average Bonchev–Trinajstić information content (AvgIpc) is 2.81. The minimum absolute atomic E-state index is 0.0208. The topological polar surface area (TPSA) is 104 Å². The van der Waals surface area contributed by atoms with Gasteiger partial charge in [0.2, 0.25) is 5.91 Å². The molecule has 0 aliphatic carbocycles. The van der Waals surface area contributed by atoms with Crippen LogP contribution in [0.4, 0.5) is 5.69 Å². The number of fused-ring (bicyclic) bond motifs is 1. The molecule has 0 unspecified atom stereocenters. The lowest BCUT2D eigenvalue weighted by molar-refractivity contribution is -0.116. The number of aromatic nitrogens is 2. The molecule has 8 heteroatoms. The van der Waals surface area contributed by atoms with Crippen LogP contribution in [0.3, 0.4) is 0 Å². The number of carbonyl (C=O) groups excluding carboxylic acids is 2. The van der Waals surface area contributed by atoms with Crippen molar-refractivity contribution in [2.45, 2.75) is 32.2 Å². The summed E-state index contributed by atoms with van der Waals surface area (Å²) in [6.07, 6.45) is 3.07. The lowest BCUT2D eigenvalue weighted by Crippen LogP contribution is -2.36. The lowest BCUT2D eigenvalue weighted by atomic mass is 10.1. The molecule has 0 radical (unpaired) electrons. The predicted molar refractivity (Wildman–Crippen MR) is 118 cm³/mol. The molecule has 2 N–H and O–H groups in total. The molecule has 2 heterocycles. The molecule has 1 saturated heterocycles. The van der Waals surface area contributed by atoms with Crippen LogP contribution in [0.2, 0.25) is 0 Å². The van der Waals surface area contributed by atoms with E-state index in [0.717, 1.165) is 37.0 Å². The molecule has 8 nitrogen and oxygen atoms in total. The van der Waals surface area contributed by atoms with Gasteiger partial charge >= 0.3 is 0 Å². The zero-order chi connectivity index (χ0) is 21.8. The third-order valence-electron chi connectivity index (χ3n) is 5.52. The van der Waals surface area contributed by atoms with Gasteiger partial charge in [0.25, 0.3) is 17.0 Å². The number of H-pyrrole nitrogens is 1. The van der Waals surface area contributed by atoms with Gasteiger partial charge in [0.05, 0.1) is 28.6 Å². The number of amides is 2. The van der Waals surface area contributed by atoms with Crippen molar-refractivity contribution in [2.24, 2.45) is 0 Å². The second kappa shape index (κ2) is 8.99. The number of rotatable bonds is 5. The zero-order valence-corrected chi connectivity index (χ0v) is 17.1. The lowest BCUT2D eigenvalue weighted by Gasteiger charge is -2.27. The van der Waals surface area contributed by atoms with Crippen LogP contribution in [0.25, 0.3) is 10.8 Å². The van der Waals surface area contributed by atoms with Crippen LogP contribution in [0.15, 0.2) is 58.1 Å². The van der Waals surface area contributed by atoms with E-state index in [4.69, 9.17) is 0 Å². The third kappa shape index (κ3) is 4.42. The number of carbonyl (C=O) groups is 2. The van der Waals surface area contributed by atoms with E-state index < -0.39 is 0 Å². The number of piperidine rings is 1. The number of benzene rings is 2. The second-order valence-corrected chi connectivity index (χ2v) is 7.64. The number of aromatic amines is 1. The van der Waals surface area contributed by atoms with Crippen molar-refractivity contribution in [3.63, 3.8) is 0 Å².